The second-order valence-electron chi connectivity index (χ2n) is 4.45. The molecular formula is C16H16N4O. The molecule has 1 aromatic heterocycles. The van der Waals surface area contributed by atoms with Crippen LogP contribution in [-0.4, -0.2) is 22.4 Å². The molecule has 5 heteroatoms. The third-order valence-corrected chi connectivity index (χ3v) is 2.92. The number of rotatable bonds is 3. The van der Waals surface area contributed by atoms with Gasteiger partial charge in [-0.2, -0.15) is 0 Å². The average molecular weight is 280 g/mol. The number of carbonyl (C=O) groups excluding carboxylic acids is 1. The number of nitrogens with one attached hydrogen (secondary N) is 1. The van der Waals surface area contributed by atoms with Crippen molar-refractivity contribution in [2.24, 2.45) is 5.73 Å². The molecule has 0 fully saturated rings. The number of amides is 1. The Kier molecular flexibility index (Phi) is 5.02. The van der Waals surface area contributed by atoms with Gasteiger partial charge in [0, 0.05) is 18.0 Å². The van der Waals surface area contributed by atoms with Crippen LogP contribution in [-0.2, 0) is 0 Å². The summed E-state index contributed by atoms with van der Waals surface area (Å²) in [4.78, 5) is 19.7. The maximum absolute atomic E-state index is 12.0. The fraction of sp³-hybridized carbons (Fsp3) is 0.188. The standard InChI is InChI=1S/C16H16N4O/c1-12(20-16(21)15-9-18-11-19-10-15)14-6-4-13(5-7-14)3-2-8-17/h4-7,9-12H,8,17H2,1H3,(H,20,21). The molecule has 2 rings (SSSR count). The van der Waals surface area contributed by atoms with Crippen LogP contribution in [0.25, 0.3) is 0 Å². The molecule has 0 saturated carbocycles. The van der Waals surface area contributed by atoms with E-state index in [1.165, 1.54) is 18.7 Å². The third kappa shape index (κ3) is 4.13. The normalized spacial score (nSPS) is 11.1. The summed E-state index contributed by atoms with van der Waals surface area (Å²) in [6.07, 6.45) is 4.36. The van der Waals surface area contributed by atoms with E-state index in [-0.39, 0.29) is 11.9 Å². The summed E-state index contributed by atoms with van der Waals surface area (Å²) < 4.78 is 0. The molecule has 0 radical (unpaired) electrons. The van der Waals surface area contributed by atoms with Crippen molar-refractivity contribution in [1.29, 1.82) is 0 Å². The molecule has 2 aromatic rings. The van der Waals surface area contributed by atoms with Gasteiger partial charge in [-0.3, -0.25) is 4.79 Å². The summed E-state index contributed by atoms with van der Waals surface area (Å²) >= 11 is 0. The average Bonchev–Trinajstić information content (AvgIpc) is 2.54. The molecule has 1 atom stereocenters. The van der Waals surface area contributed by atoms with Crippen molar-refractivity contribution in [3.8, 4) is 11.8 Å². The van der Waals surface area contributed by atoms with Crippen LogP contribution in [0.3, 0.4) is 0 Å². The van der Waals surface area contributed by atoms with E-state index >= 15 is 0 Å². The predicted molar refractivity (Wildman–Crippen MR) is 80.3 cm³/mol. The first kappa shape index (κ1) is 14.7. The molecule has 0 bridgehead atoms. The zero-order chi connectivity index (χ0) is 15.1. The highest BCUT2D eigenvalue weighted by atomic mass is 16.1. The lowest BCUT2D eigenvalue weighted by atomic mass is 10.1. The van der Waals surface area contributed by atoms with Gasteiger partial charge >= 0.3 is 0 Å². The Balaban J connectivity index is 2.03. The van der Waals surface area contributed by atoms with Gasteiger partial charge in [0.15, 0.2) is 0 Å². The van der Waals surface area contributed by atoms with Gasteiger partial charge in [0.25, 0.3) is 5.91 Å². The Morgan fingerprint density at radius 2 is 1.95 bits per heavy atom. The molecular weight excluding hydrogens is 264 g/mol. The maximum atomic E-state index is 12.0. The van der Waals surface area contributed by atoms with E-state index in [9.17, 15) is 4.79 Å². The van der Waals surface area contributed by atoms with Gasteiger partial charge in [0.2, 0.25) is 0 Å². The maximum Gasteiger partial charge on any atom is 0.254 e. The Morgan fingerprint density at radius 3 is 2.57 bits per heavy atom. The zero-order valence-corrected chi connectivity index (χ0v) is 11.7. The zero-order valence-electron chi connectivity index (χ0n) is 11.7. The molecule has 1 heterocycles. The van der Waals surface area contributed by atoms with Crippen LogP contribution >= 0.6 is 0 Å². The Labute approximate surface area is 123 Å². The van der Waals surface area contributed by atoms with Gasteiger partial charge in [0.05, 0.1) is 18.2 Å². The monoisotopic (exact) mass is 280 g/mol. The van der Waals surface area contributed by atoms with E-state index in [0.29, 0.717) is 12.1 Å². The molecule has 106 valence electrons. The first-order valence-corrected chi connectivity index (χ1v) is 6.55. The Hall–Kier alpha value is -2.71. The van der Waals surface area contributed by atoms with Crippen LogP contribution in [0.4, 0.5) is 0 Å². The van der Waals surface area contributed by atoms with Gasteiger partial charge in [-0.05, 0) is 24.6 Å². The molecule has 0 spiro atoms. The van der Waals surface area contributed by atoms with Crippen LogP contribution in [0.5, 0.6) is 0 Å². The van der Waals surface area contributed by atoms with E-state index in [2.05, 4.69) is 27.1 Å². The molecule has 3 N–H and O–H groups in total. The molecule has 5 nitrogen and oxygen atoms in total. The topological polar surface area (TPSA) is 80.9 Å². The lowest BCUT2D eigenvalue weighted by Crippen LogP contribution is -2.26. The van der Waals surface area contributed by atoms with Gasteiger partial charge in [0.1, 0.15) is 6.33 Å². The summed E-state index contributed by atoms with van der Waals surface area (Å²) in [5.41, 5.74) is 7.67. The van der Waals surface area contributed by atoms with Gasteiger partial charge in [-0.1, -0.05) is 24.0 Å². The first-order valence-electron chi connectivity index (χ1n) is 6.55. The van der Waals surface area contributed by atoms with Crippen molar-refractivity contribution in [2.75, 3.05) is 6.54 Å². The summed E-state index contributed by atoms with van der Waals surface area (Å²) in [6, 6.07) is 7.58. The SMILES string of the molecule is CC(NC(=O)c1cncnc1)c1ccc(C#CCN)cc1. The van der Waals surface area contributed by atoms with Crippen LogP contribution in [0.1, 0.15) is 34.5 Å². The second kappa shape index (κ2) is 7.17. The fourth-order valence-electron chi connectivity index (χ4n) is 1.79. The molecule has 0 saturated heterocycles. The summed E-state index contributed by atoms with van der Waals surface area (Å²) in [5, 5.41) is 2.90. The number of hydrogen-bond donors (Lipinski definition) is 2. The second-order valence-corrected chi connectivity index (χ2v) is 4.45. The van der Waals surface area contributed by atoms with Crippen molar-refractivity contribution < 1.29 is 4.79 Å². The van der Waals surface area contributed by atoms with Crippen molar-refractivity contribution in [3.05, 3.63) is 59.7 Å². The quantitative estimate of drug-likeness (QED) is 0.830. The van der Waals surface area contributed by atoms with Crippen molar-refractivity contribution >= 4 is 5.91 Å². The van der Waals surface area contributed by atoms with E-state index < -0.39 is 0 Å². The number of aromatic nitrogens is 2. The molecule has 0 aliphatic heterocycles. The third-order valence-electron chi connectivity index (χ3n) is 2.92. The number of nitrogens with zero attached hydrogens (tertiary/aromatic N) is 2. The van der Waals surface area contributed by atoms with E-state index in [0.717, 1.165) is 11.1 Å². The minimum atomic E-state index is -0.199. The smallest absolute Gasteiger partial charge is 0.254 e. The summed E-state index contributed by atoms with van der Waals surface area (Å²) in [7, 11) is 0. The van der Waals surface area contributed by atoms with Crippen LogP contribution < -0.4 is 11.1 Å². The van der Waals surface area contributed by atoms with Crippen LogP contribution in [0.15, 0.2) is 43.0 Å². The number of hydrogen-bond acceptors (Lipinski definition) is 4. The number of carbonyl (C=O) groups is 1. The number of benzene rings is 1. The molecule has 1 amide bonds. The first-order chi connectivity index (χ1) is 10.2. The highest BCUT2D eigenvalue weighted by molar-refractivity contribution is 5.93. The molecule has 0 aliphatic rings. The van der Waals surface area contributed by atoms with E-state index in [4.69, 9.17) is 5.73 Å². The fourth-order valence-corrected chi connectivity index (χ4v) is 1.79. The molecule has 0 aliphatic carbocycles. The van der Waals surface area contributed by atoms with E-state index in [1.807, 2.05) is 31.2 Å². The van der Waals surface area contributed by atoms with Gasteiger partial charge in [-0.25, -0.2) is 9.97 Å². The van der Waals surface area contributed by atoms with Crippen LogP contribution in [0, 0.1) is 11.8 Å². The highest BCUT2D eigenvalue weighted by Gasteiger charge is 2.11. The lowest BCUT2D eigenvalue weighted by Gasteiger charge is -2.14. The van der Waals surface area contributed by atoms with Gasteiger partial charge in [-0.15, -0.1) is 0 Å². The van der Waals surface area contributed by atoms with Crippen molar-refractivity contribution in [3.63, 3.8) is 0 Å². The lowest BCUT2D eigenvalue weighted by molar-refractivity contribution is 0.0939. The van der Waals surface area contributed by atoms with Gasteiger partial charge < -0.3 is 11.1 Å². The largest absolute Gasteiger partial charge is 0.345 e. The Bertz CT molecular complexity index is 656. The molecule has 21 heavy (non-hydrogen) atoms. The Morgan fingerprint density at radius 1 is 1.29 bits per heavy atom. The highest BCUT2D eigenvalue weighted by Crippen LogP contribution is 2.13. The van der Waals surface area contributed by atoms with Crippen molar-refractivity contribution in [2.45, 2.75) is 13.0 Å². The summed E-state index contributed by atoms with van der Waals surface area (Å²) in [5.74, 6) is 5.56. The van der Waals surface area contributed by atoms with Crippen LogP contribution in [0.2, 0.25) is 0 Å². The predicted octanol–water partition coefficient (Wildman–Crippen LogP) is 1.28. The molecule has 1 aromatic carbocycles. The van der Waals surface area contributed by atoms with Crippen molar-refractivity contribution in [1.82, 2.24) is 15.3 Å². The summed E-state index contributed by atoms with van der Waals surface area (Å²) in [6.45, 7) is 2.26. The minimum Gasteiger partial charge on any atom is -0.345 e. The van der Waals surface area contributed by atoms with E-state index in [1.54, 1.807) is 0 Å². The number of nitrogens with two attached hydrogens (primary N) is 1. The molecule has 1 unspecified atom stereocenters. The minimum absolute atomic E-state index is 0.116.